The third-order valence-corrected chi connectivity index (χ3v) is 7.16. The zero-order valence-corrected chi connectivity index (χ0v) is 21.3. The van der Waals surface area contributed by atoms with Crippen LogP contribution in [0, 0.1) is 0 Å². The van der Waals surface area contributed by atoms with Crippen LogP contribution in [-0.4, -0.2) is 50.9 Å². The Hall–Kier alpha value is -4.14. The van der Waals surface area contributed by atoms with Crippen LogP contribution in [0.3, 0.4) is 0 Å². The molecule has 2 heterocycles. The SMILES string of the molecule is CCc1ccccc1NC(=O)c1ncn2c1C(=O)N(C1CC1)C(C)(C(=O)NCc1ccccc1OC)C2. The Kier molecular flexibility index (Phi) is 6.45. The van der Waals surface area contributed by atoms with E-state index in [9.17, 15) is 14.4 Å². The number of imidazole rings is 1. The number of nitrogens with one attached hydrogen (secondary N) is 2. The normalized spacial score (nSPS) is 18.8. The van der Waals surface area contributed by atoms with Crippen LogP contribution in [0.15, 0.2) is 54.9 Å². The fraction of sp³-hybridized carbons (Fsp3) is 0.357. The summed E-state index contributed by atoms with van der Waals surface area (Å²) >= 11 is 0. The van der Waals surface area contributed by atoms with Gasteiger partial charge in [0.05, 0.1) is 20.0 Å². The summed E-state index contributed by atoms with van der Waals surface area (Å²) in [7, 11) is 1.59. The first kappa shape index (κ1) is 24.5. The van der Waals surface area contributed by atoms with Gasteiger partial charge in [0.2, 0.25) is 5.91 Å². The molecule has 0 radical (unpaired) electrons. The van der Waals surface area contributed by atoms with Crippen molar-refractivity contribution in [2.24, 2.45) is 0 Å². The third kappa shape index (κ3) is 4.45. The first-order valence-corrected chi connectivity index (χ1v) is 12.6. The zero-order chi connectivity index (χ0) is 26.2. The molecule has 2 aliphatic rings. The van der Waals surface area contributed by atoms with Crippen molar-refractivity contribution in [3.05, 3.63) is 77.4 Å². The molecular formula is C28H31N5O4. The van der Waals surface area contributed by atoms with Crippen LogP contribution in [-0.2, 0) is 24.3 Å². The maximum Gasteiger partial charge on any atom is 0.276 e. The molecule has 9 nitrogen and oxygen atoms in total. The van der Waals surface area contributed by atoms with E-state index in [1.54, 1.807) is 23.5 Å². The summed E-state index contributed by atoms with van der Waals surface area (Å²) in [6, 6.07) is 15.0. The molecule has 1 aliphatic heterocycles. The second-order valence-corrected chi connectivity index (χ2v) is 9.71. The van der Waals surface area contributed by atoms with Crippen molar-refractivity contribution in [2.75, 3.05) is 12.4 Å². The van der Waals surface area contributed by atoms with Gasteiger partial charge in [0.1, 0.15) is 17.0 Å². The minimum Gasteiger partial charge on any atom is -0.496 e. The van der Waals surface area contributed by atoms with Gasteiger partial charge < -0.3 is 24.8 Å². The van der Waals surface area contributed by atoms with E-state index in [-0.39, 0.29) is 42.3 Å². The number of aromatic nitrogens is 2. The average molecular weight is 502 g/mol. The lowest BCUT2D eigenvalue weighted by atomic mass is 9.93. The molecule has 2 N–H and O–H groups in total. The van der Waals surface area contributed by atoms with E-state index in [2.05, 4.69) is 15.6 Å². The topological polar surface area (TPSA) is 106 Å². The van der Waals surface area contributed by atoms with Gasteiger partial charge in [0.25, 0.3) is 11.8 Å². The molecule has 1 unspecified atom stereocenters. The summed E-state index contributed by atoms with van der Waals surface area (Å²) in [4.78, 5) is 46.6. The van der Waals surface area contributed by atoms with Gasteiger partial charge in [0.15, 0.2) is 5.69 Å². The van der Waals surface area contributed by atoms with Crippen molar-refractivity contribution < 1.29 is 19.1 Å². The van der Waals surface area contributed by atoms with Gasteiger partial charge >= 0.3 is 0 Å². The molecule has 1 fully saturated rings. The first-order valence-electron chi connectivity index (χ1n) is 12.6. The highest BCUT2D eigenvalue weighted by Gasteiger charge is 2.53. The van der Waals surface area contributed by atoms with E-state index >= 15 is 0 Å². The van der Waals surface area contributed by atoms with Crippen LogP contribution in [0.25, 0.3) is 0 Å². The Morgan fingerprint density at radius 3 is 2.51 bits per heavy atom. The molecule has 1 aromatic heterocycles. The Morgan fingerprint density at radius 1 is 1.11 bits per heavy atom. The summed E-state index contributed by atoms with van der Waals surface area (Å²) in [5, 5.41) is 5.91. The number of amides is 3. The molecular weight excluding hydrogens is 470 g/mol. The number of methoxy groups -OCH3 is 1. The Bertz CT molecular complexity index is 1360. The summed E-state index contributed by atoms with van der Waals surface area (Å²) in [5.74, 6) is -0.372. The standard InChI is InChI=1S/C28H31N5O4/c1-4-18-9-5-7-11-21(18)31-25(34)23-24-26(35)33(20-13-14-20)28(2,16-32(24)17-30-23)27(36)29-15-19-10-6-8-12-22(19)37-3/h5-12,17,20H,4,13-16H2,1-3H3,(H,29,36)(H,31,34). The molecule has 0 spiro atoms. The molecule has 1 saturated carbocycles. The number of rotatable bonds is 8. The zero-order valence-electron chi connectivity index (χ0n) is 21.3. The Balaban J connectivity index is 1.41. The lowest BCUT2D eigenvalue weighted by Gasteiger charge is -2.44. The minimum absolute atomic E-state index is 0.0464. The maximum absolute atomic E-state index is 13.8. The summed E-state index contributed by atoms with van der Waals surface area (Å²) in [6.07, 6.45) is 3.87. The number of ether oxygens (including phenoxy) is 1. The Labute approximate surface area is 215 Å². The van der Waals surface area contributed by atoms with E-state index in [1.807, 2.05) is 55.5 Å². The fourth-order valence-electron chi connectivity index (χ4n) is 5.07. The first-order chi connectivity index (χ1) is 17.9. The van der Waals surface area contributed by atoms with E-state index in [1.165, 1.54) is 6.33 Å². The highest BCUT2D eigenvalue weighted by atomic mass is 16.5. The predicted molar refractivity (Wildman–Crippen MR) is 138 cm³/mol. The third-order valence-electron chi connectivity index (χ3n) is 7.16. The van der Waals surface area contributed by atoms with Crippen molar-refractivity contribution in [1.82, 2.24) is 19.8 Å². The number of benzene rings is 2. The molecule has 3 amide bonds. The number of hydrogen-bond donors (Lipinski definition) is 2. The van der Waals surface area contributed by atoms with Gasteiger partial charge in [-0.15, -0.1) is 0 Å². The number of fused-ring (bicyclic) bond motifs is 1. The van der Waals surface area contributed by atoms with E-state index in [0.29, 0.717) is 11.4 Å². The largest absolute Gasteiger partial charge is 0.496 e. The second-order valence-electron chi connectivity index (χ2n) is 9.71. The molecule has 3 aromatic rings. The number of nitrogens with zero attached hydrogens (tertiary/aromatic N) is 3. The smallest absolute Gasteiger partial charge is 0.276 e. The number of anilines is 1. The van der Waals surface area contributed by atoms with Crippen LogP contribution in [0.5, 0.6) is 5.75 Å². The summed E-state index contributed by atoms with van der Waals surface area (Å²) in [6.45, 7) is 4.27. The molecule has 1 atom stereocenters. The molecule has 0 bridgehead atoms. The van der Waals surface area contributed by atoms with Gasteiger partial charge in [-0.25, -0.2) is 4.98 Å². The van der Waals surface area contributed by atoms with Gasteiger partial charge in [-0.05, 0) is 43.9 Å². The van der Waals surface area contributed by atoms with E-state index < -0.39 is 11.4 Å². The van der Waals surface area contributed by atoms with Crippen LogP contribution in [0.1, 0.15) is 58.8 Å². The second kappa shape index (κ2) is 9.72. The highest BCUT2D eigenvalue weighted by molar-refractivity contribution is 6.12. The average Bonchev–Trinajstić information content (AvgIpc) is 3.64. The van der Waals surface area contributed by atoms with E-state index in [4.69, 9.17) is 4.74 Å². The van der Waals surface area contributed by atoms with Crippen molar-refractivity contribution in [3.8, 4) is 5.75 Å². The number of aryl methyl sites for hydroxylation is 1. The van der Waals surface area contributed by atoms with Crippen LogP contribution in [0.4, 0.5) is 5.69 Å². The quantitative estimate of drug-likeness (QED) is 0.492. The Morgan fingerprint density at radius 2 is 1.81 bits per heavy atom. The number of carbonyl (C=O) groups excluding carboxylic acids is 3. The van der Waals surface area contributed by atoms with Crippen LogP contribution >= 0.6 is 0 Å². The van der Waals surface area contributed by atoms with Gasteiger partial charge in [-0.1, -0.05) is 43.3 Å². The minimum atomic E-state index is -1.13. The highest BCUT2D eigenvalue weighted by Crippen LogP contribution is 2.39. The monoisotopic (exact) mass is 501 g/mol. The van der Waals surface area contributed by atoms with Crippen LogP contribution < -0.4 is 15.4 Å². The predicted octanol–water partition coefficient (Wildman–Crippen LogP) is 3.40. The molecule has 1 aliphatic carbocycles. The van der Waals surface area contributed by atoms with Gasteiger partial charge in [0, 0.05) is 23.8 Å². The fourth-order valence-corrected chi connectivity index (χ4v) is 5.07. The lowest BCUT2D eigenvalue weighted by molar-refractivity contribution is -0.133. The number of carbonyl (C=O) groups is 3. The molecule has 9 heteroatoms. The summed E-state index contributed by atoms with van der Waals surface area (Å²) < 4.78 is 7.03. The molecule has 2 aromatic carbocycles. The van der Waals surface area contributed by atoms with Crippen molar-refractivity contribution >= 4 is 23.4 Å². The van der Waals surface area contributed by atoms with Crippen molar-refractivity contribution in [3.63, 3.8) is 0 Å². The molecule has 5 rings (SSSR count). The number of para-hydroxylation sites is 2. The molecule has 192 valence electrons. The van der Waals surface area contributed by atoms with Crippen molar-refractivity contribution in [1.29, 1.82) is 0 Å². The summed E-state index contributed by atoms with van der Waals surface area (Å²) in [5.41, 5.74) is 1.69. The van der Waals surface area contributed by atoms with Crippen LogP contribution in [0.2, 0.25) is 0 Å². The maximum atomic E-state index is 13.8. The molecule has 37 heavy (non-hydrogen) atoms. The van der Waals surface area contributed by atoms with Gasteiger partial charge in [-0.2, -0.15) is 0 Å². The molecule has 0 saturated heterocycles. The van der Waals surface area contributed by atoms with Gasteiger partial charge in [-0.3, -0.25) is 14.4 Å². The van der Waals surface area contributed by atoms with E-state index in [0.717, 1.165) is 30.4 Å². The van der Waals surface area contributed by atoms with Crippen molar-refractivity contribution in [2.45, 2.75) is 57.8 Å². The number of hydrogen-bond acceptors (Lipinski definition) is 5. The lowest BCUT2D eigenvalue weighted by Crippen LogP contribution is -2.64.